The van der Waals surface area contributed by atoms with Crippen LogP contribution in [0.5, 0.6) is 17.2 Å². The number of hydrogen-bond acceptors (Lipinski definition) is 3. The lowest BCUT2D eigenvalue weighted by Gasteiger charge is -2.18. The molecule has 2 N–H and O–H groups in total. The van der Waals surface area contributed by atoms with Crippen LogP contribution in [0.2, 0.25) is 0 Å². The first-order valence-electron chi connectivity index (χ1n) is 8.36. The quantitative estimate of drug-likeness (QED) is 0.424. The van der Waals surface area contributed by atoms with Crippen LogP contribution < -0.4 is 4.74 Å². The molecule has 0 fully saturated rings. The molecule has 120 valence electrons. The van der Waals surface area contributed by atoms with Crippen LogP contribution >= 0.6 is 0 Å². The van der Waals surface area contributed by atoms with Crippen molar-refractivity contribution < 1.29 is 14.9 Å². The van der Waals surface area contributed by atoms with Gasteiger partial charge in [-0.3, -0.25) is 0 Å². The van der Waals surface area contributed by atoms with Gasteiger partial charge >= 0.3 is 0 Å². The van der Waals surface area contributed by atoms with Gasteiger partial charge in [-0.2, -0.15) is 0 Å². The summed E-state index contributed by atoms with van der Waals surface area (Å²) in [6.07, 6.45) is 11.0. The fourth-order valence-electron chi connectivity index (χ4n) is 2.46. The normalized spacial score (nSPS) is 12.3. The molecule has 3 nitrogen and oxygen atoms in total. The lowest BCUT2D eigenvalue weighted by molar-refractivity contribution is 0.174. The van der Waals surface area contributed by atoms with E-state index in [2.05, 4.69) is 13.8 Å². The maximum atomic E-state index is 9.76. The number of ether oxygens (including phenoxy) is 1. The van der Waals surface area contributed by atoms with E-state index in [1.165, 1.54) is 44.6 Å². The van der Waals surface area contributed by atoms with Crippen LogP contribution in [-0.4, -0.2) is 16.3 Å². The molecule has 1 rings (SSSR count). The Morgan fingerprint density at radius 1 is 0.952 bits per heavy atom. The fraction of sp³-hybridized carbons (Fsp3) is 0.667. The summed E-state index contributed by atoms with van der Waals surface area (Å²) in [4.78, 5) is 0. The molecule has 21 heavy (non-hydrogen) atoms. The predicted octanol–water partition coefficient (Wildman–Crippen LogP) is 5.40. The standard InChI is InChI=1S/C18H30O3/c1-3-5-6-7-8-9-10-12-15(4-2)21-17-14-11-13-16(19)18(17)20/h11,13-15,19-20H,3-10,12H2,1-2H3. The van der Waals surface area contributed by atoms with Gasteiger partial charge in [0, 0.05) is 0 Å². The molecule has 0 aliphatic rings. The second kappa shape index (κ2) is 10.4. The highest BCUT2D eigenvalue weighted by Crippen LogP contribution is 2.35. The number of hydrogen-bond donors (Lipinski definition) is 2. The van der Waals surface area contributed by atoms with Crippen molar-refractivity contribution in [2.75, 3.05) is 0 Å². The summed E-state index contributed by atoms with van der Waals surface area (Å²) in [6.45, 7) is 4.33. The highest BCUT2D eigenvalue weighted by atomic mass is 16.5. The monoisotopic (exact) mass is 294 g/mol. The number of unbranched alkanes of at least 4 members (excludes halogenated alkanes) is 6. The Kier molecular flexibility index (Phi) is 8.72. The van der Waals surface area contributed by atoms with Crippen molar-refractivity contribution in [3.63, 3.8) is 0 Å². The maximum Gasteiger partial charge on any atom is 0.200 e. The number of phenolic OH excluding ortho intramolecular Hbond substituents is 2. The minimum absolute atomic E-state index is 0.105. The van der Waals surface area contributed by atoms with Crippen molar-refractivity contribution in [3.8, 4) is 17.2 Å². The molecule has 0 radical (unpaired) electrons. The minimum atomic E-state index is -0.157. The van der Waals surface area contributed by atoms with E-state index in [4.69, 9.17) is 4.74 Å². The fourth-order valence-corrected chi connectivity index (χ4v) is 2.46. The topological polar surface area (TPSA) is 49.7 Å². The molecule has 3 heteroatoms. The summed E-state index contributed by atoms with van der Waals surface area (Å²) in [5.41, 5.74) is 0. The van der Waals surface area contributed by atoms with Gasteiger partial charge in [-0.25, -0.2) is 0 Å². The van der Waals surface area contributed by atoms with Crippen LogP contribution in [0.1, 0.15) is 71.6 Å². The highest BCUT2D eigenvalue weighted by molar-refractivity contribution is 5.48. The molecule has 1 atom stereocenters. The Labute approximate surface area is 129 Å². The van der Waals surface area contributed by atoms with Crippen molar-refractivity contribution in [1.29, 1.82) is 0 Å². The highest BCUT2D eigenvalue weighted by Gasteiger charge is 2.12. The second-order valence-corrected chi connectivity index (χ2v) is 5.68. The van der Waals surface area contributed by atoms with Crippen LogP contribution in [-0.2, 0) is 0 Å². The molecule has 0 heterocycles. The van der Waals surface area contributed by atoms with E-state index >= 15 is 0 Å². The van der Waals surface area contributed by atoms with Gasteiger partial charge in [-0.1, -0.05) is 58.4 Å². The molecule has 0 saturated heterocycles. The van der Waals surface area contributed by atoms with E-state index in [0.29, 0.717) is 5.75 Å². The summed E-state index contributed by atoms with van der Waals surface area (Å²) in [6, 6.07) is 4.84. The largest absolute Gasteiger partial charge is 0.504 e. The molecule has 0 aliphatic carbocycles. The van der Waals surface area contributed by atoms with Gasteiger partial charge in [0.15, 0.2) is 11.5 Å². The molecular formula is C18H30O3. The van der Waals surface area contributed by atoms with E-state index in [-0.39, 0.29) is 17.6 Å². The van der Waals surface area contributed by atoms with Crippen molar-refractivity contribution in [2.45, 2.75) is 77.7 Å². The van der Waals surface area contributed by atoms with Crippen LogP contribution in [0, 0.1) is 0 Å². The minimum Gasteiger partial charge on any atom is -0.504 e. The Balaban J connectivity index is 2.27. The zero-order chi connectivity index (χ0) is 15.5. The van der Waals surface area contributed by atoms with E-state index in [9.17, 15) is 10.2 Å². The molecule has 0 spiro atoms. The van der Waals surface area contributed by atoms with Gasteiger partial charge in [0.2, 0.25) is 5.75 Å². The zero-order valence-electron chi connectivity index (χ0n) is 13.5. The number of para-hydroxylation sites is 1. The first kappa shape index (κ1) is 17.7. The maximum absolute atomic E-state index is 9.76. The molecule has 1 aromatic rings. The summed E-state index contributed by atoms with van der Waals surface area (Å²) in [5, 5.41) is 19.2. The molecule has 0 saturated carbocycles. The molecule has 0 aliphatic heterocycles. The third kappa shape index (κ3) is 6.74. The van der Waals surface area contributed by atoms with Gasteiger partial charge in [0.05, 0.1) is 6.10 Å². The van der Waals surface area contributed by atoms with Gasteiger partial charge in [-0.05, 0) is 31.4 Å². The first-order chi connectivity index (χ1) is 10.2. The van der Waals surface area contributed by atoms with Crippen LogP contribution in [0.15, 0.2) is 18.2 Å². The van der Waals surface area contributed by atoms with Crippen LogP contribution in [0.25, 0.3) is 0 Å². The Hall–Kier alpha value is -1.38. The Morgan fingerprint density at radius 2 is 1.62 bits per heavy atom. The average Bonchev–Trinajstić information content (AvgIpc) is 2.49. The lowest BCUT2D eigenvalue weighted by atomic mass is 10.1. The van der Waals surface area contributed by atoms with E-state index < -0.39 is 0 Å². The van der Waals surface area contributed by atoms with Gasteiger partial charge < -0.3 is 14.9 Å². The summed E-state index contributed by atoms with van der Waals surface area (Å²) in [7, 11) is 0. The van der Waals surface area contributed by atoms with Crippen LogP contribution in [0.4, 0.5) is 0 Å². The van der Waals surface area contributed by atoms with Crippen molar-refractivity contribution in [3.05, 3.63) is 18.2 Å². The lowest BCUT2D eigenvalue weighted by Crippen LogP contribution is -2.15. The summed E-state index contributed by atoms with van der Waals surface area (Å²) in [5.74, 6) is 0.0959. The summed E-state index contributed by atoms with van der Waals surface area (Å²) >= 11 is 0. The van der Waals surface area contributed by atoms with Crippen molar-refractivity contribution in [2.24, 2.45) is 0 Å². The number of benzene rings is 1. The molecule has 1 unspecified atom stereocenters. The number of rotatable bonds is 11. The first-order valence-corrected chi connectivity index (χ1v) is 8.36. The van der Waals surface area contributed by atoms with E-state index in [1.54, 1.807) is 12.1 Å². The van der Waals surface area contributed by atoms with Gasteiger partial charge in [-0.15, -0.1) is 0 Å². The van der Waals surface area contributed by atoms with Gasteiger partial charge in [0.1, 0.15) is 0 Å². The van der Waals surface area contributed by atoms with Crippen molar-refractivity contribution >= 4 is 0 Å². The van der Waals surface area contributed by atoms with E-state index in [1.807, 2.05) is 0 Å². The smallest absolute Gasteiger partial charge is 0.200 e. The van der Waals surface area contributed by atoms with Crippen molar-refractivity contribution in [1.82, 2.24) is 0 Å². The number of aromatic hydroxyl groups is 2. The third-order valence-electron chi connectivity index (χ3n) is 3.86. The zero-order valence-corrected chi connectivity index (χ0v) is 13.5. The SMILES string of the molecule is CCCCCCCCCC(CC)Oc1cccc(O)c1O. The molecular weight excluding hydrogens is 264 g/mol. The number of phenols is 2. The Bertz CT molecular complexity index is 390. The second-order valence-electron chi connectivity index (χ2n) is 5.68. The van der Waals surface area contributed by atoms with Gasteiger partial charge in [0.25, 0.3) is 0 Å². The predicted molar refractivity (Wildman–Crippen MR) is 87.1 cm³/mol. The average molecular weight is 294 g/mol. The van der Waals surface area contributed by atoms with Crippen LogP contribution in [0.3, 0.4) is 0 Å². The van der Waals surface area contributed by atoms with E-state index in [0.717, 1.165) is 19.3 Å². The summed E-state index contributed by atoms with van der Waals surface area (Å²) < 4.78 is 5.81. The molecule has 1 aromatic carbocycles. The molecule has 0 aromatic heterocycles. The Morgan fingerprint density at radius 3 is 2.29 bits per heavy atom. The molecule has 0 amide bonds. The third-order valence-corrected chi connectivity index (χ3v) is 3.86. The molecule has 0 bridgehead atoms.